The summed E-state index contributed by atoms with van der Waals surface area (Å²) in [6.07, 6.45) is 0.0468. The highest BCUT2D eigenvalue weighted by molar-refractivity contribution is 5.97. The van der Waals surface area contributed by atoms with Gasteiger partial charge in [-0.3, -0.25) is 4.79 Å². The Hall–Kier alpha value is -1.26. The summed E-state index contributed by atoms with van der Waals surface area (Å²) < 4.78 is 5.79. The number of hydrogen-bond acceptors (Lipinski definition) is 3. The minimum Gasteiger partial charge on any atom is -0.487 e. The van der Waals surface area contributed by atoms with Crippen molar-refractivity contribution in [2.75, 3.05) is 24.5 Å². The largest absolute Gasteiger partial charge is 0.487 e. The number of amides is 1. The number of nitrogens with zero attached hydrogens (tertiary/aromatic N) is 1. The van der Waals surface area contributed by atoms with Crippen molar-refractivity contribution in [3.63, 3.8) is 0 Å². The zero-order chi connectivity index (χ0) is 13.4. The smallest absolute Gasteiger partial charge is 0.230 e. The molecule has 1 aromatic rings. The molecular weight excluding hydrogens is 276 g/mol. The number of anilines is 1. The van der Waals surface area contributed by atoms with E-state index in [1.807, 2.05) is 43.0 Å². The van der Waals surface area contributed by atoms with Crippen LogP contribution in [0, 0.1) is 11.8 Å². The molecule has 0 radical (unpaired) electrons. The summed E-state index contributed by atoms with van der Waals surface area (Å²) in [5.41, 5.74) is 0.907. The standard InChI is InChI=1S/C15H20N2O2.ClH/c1-10-9-17(13-5-3-4-6-14(13)19-10)15(18)11(2)12-7-16-8-12;/h3-6,10-12,16H,7-9H2,1-2H3;1H. The molecule has 1 amide bonds. The number of rotatable bonds is 2. The lowest BCUT2D eigenvalue weighted by atomic mass is 9.87. The number of fused-ring (bicyclic) bond motifs is 1. The molecule has 0 aliphatic carbocycles. The molecule has 2 unspecified atom stereocenters. The molecule has 2 atom stereocenters. The predicted octanol–water partition coefficient (Wildman–Crippen LogP) is 2.08. The first-order valence-corrected chi connectivity index (χ1v) is 6.94. The third-order valence-corrected chi connectivity index (χ3v) is 4.10. The van der Waals surface area contributed by atoms with Gasteiger partial charge in [0.15, 0.2) is 0 Å². The number of benzene rings is 1. The number of nitrogens with one attached hydrogen (secondary N) is 1. The molecule has 1 aromatic carbocycles. The topological polar surface area (TPSA) is 41.6 Å². The van der Waals surface area contributed by atoms with Gasteiger partial charge in [-0.2, -0.15) is 0 Å². The average Bonchev–Trinajstić information content (AvgIpc) is 2.34. The van der Waals surface area contributed by atoms with E-state index in [0.717, 1.165) is 24.5 Å². The van der Waals surface area contributed by atoms with Crippen LogP contribution in [0.3, 0.4) is 0 Å². The molecule has 0 spiro atoms. The van der Waals surface area contributed by atoms with Crippen LogP contribution in [0.5, 0.6) is 5.75 Å². The first kappa shape index (κ1) is 15.1. The lowest BCUT2D eigenvalue weighted by molar-refractivity contribution is -0.124. The monoisotopic (exact) mass is 296 g/mol. The maximum absolute atomic E-state index is 12.7. The van der Waals surface area contributed by atoms with E-state index in [4.69, 9.17) is 4.74 Å². The Morgan fingerprint density at radius 1 is 1.40 bits per heavy atom. The van der Waals surface area contributed by atoms with Crippen molar-refractivity contribution in [1.29, 1.82) is 0 Å². The quantitative estimate of drug-likeness (QED) is 0.908. The summed E-state index contributed by atoms with van der Waals surface area (Å²) in [6.45, 7) is 6.59. The normalized spacial score (nSPS) is 22.9. The molecule has 2 heterocycles. The van der Waals surface area contributed by atoms with Crippen molar-refractivity contribution in [2.45, 2.75) is 20.0 Å². The Bertz CT molecular complexity index is 491. The summed E-state index contributed by atoms with van der Waals surface area (Å²) >= 11 is 0. The van der Waals surface area contributed by atoms with E-state index in [9.17, 15) is 4.79 Å². The molecule has 1 saturated heterocycles. The Morgan fingerprint density at radius 2 is 2.10 bits per heavy atom. The summed E-state index contributed by atoms with van der Waals surface area (Å²) in [7, 11) is 0. The predicted molar refractivity (Wildman–Crippen MR) is 81.7 cm³/mol. The Morgan fingerprint density at radius 3 is 2.75 bits per heavy atom. The number of carbonyl (C=O) groups excluding carboxylic acids is 1. The second-order valence-corrected chi connectivity index (χ2v) is 5.55. The fraction of sp³-hybridized carbons (Fsp3) is 0.533. The SMILES string of the molecule is CC1CN(C(=O)C(C)C2CNC2)c2ccccc2O1.Cl. The fourth-order valence-corrected chi connectivity index (χ4v) is 2.71. The van der Waals surface area contributed by atoms with Crippen LogP contribution < -0.4 is 15.0 Å². The maximum atomic E-state index is 12.7. The number of halogens is 1. The van der Waals surface area contributed by atoms with Crippen molar-refractivity contribution >= 4 is 24.0 Å². The Kier molecular flexibility index (Phi) is 4.55. The molecule has 110 valence electrons. The summed E-state index contributed by atoms with van der Waals surface area (Å²) in [5.74, 6) is 1.57. The third kappa shape index (κ3) is 2.63. The van der Waals surface area contributed by atoms with E-state index in [1.54, 1.807) is 0 Å². The van der Waals surface area contributed by atoms with E-state index in [-0.39, 0.29) is 30.3 Å². The molecule has 4 nitrogen and oxygen atoms in total. The fourth-order valence-electron chi connectivity index (χ4n) is 2.71. The van der Waals surface area contributed by atoms with Crippen LogP contribution in [0.1, 0.15) is 13.8 Å². The molecule has 3 rings (SSSR count). The van der Waals surface area contributed by atoms with Gasteiger partial charge < -0.3 is 15.0 Å². The molecule has 1 fully saturated rings. The van der Waals surface area contributed by atoms with Crippen LogP contribution in [0.4, 0.5) is 5.69 Å². The van der Waals surface area contributed by atoms with Crippen LogP contribution in [0.2, 0.25) is 0 Å². The second kappa shape index (κ2) is 6.02. The Labute approximate surface area is 125 Å². The van der Waals surface area contributed by atoms with Crippen LogP contribution in [-0.4, -0.2) is 31.6 Å². The molecular formula is C15H21ClN2O2. The van der Waals surface area contributed by atoms with Crippen LogP contribution in [-0.2, 0) is 4.79 Å². The van der Waals surface area contributed by atoms with Crippen LogP contribution >= 0.6 is 12.4 Å². The third-order valence-electron chi connectivity index (χ3n) is 4.10. The van der Waals surface area contributed by atoms with Crippen molar-refractivity contribution < 1.29 is 9.53 Å². The van der Waals surface area contributed by atoms with Gasteiger partial charge in [0.05, 0.1) is 12.2 Å². The number of ether oxygens (including phenoxy) is 1. The van der Waals surface area contributed by atoms with E-state index in [0.29, 0.717) is 12.5 Å². The molecule has 1 N–H and O–H groups in total. The van der Waals surface area contributed by atoms with E-state index in [2.05, 4.69) is 5.32 Å². The minimum absolute atomic E-state index is 0. The molecule has 5 heteroatoms. The zero-order valence-corrected chi connectivity index (χ0v) is 12.7. The summed E-state index contributed by atoms with van der Waals surface area (Å²) in [6, 6.07) is 7.79. The van der Waals surface area contributed by atoms with Crippen molar-refractivity contribution in [3.05, 3.63) is 24.3 Å². The van der Waals surface area contributed by atoms with Gasteiger partial charge in [0.2, 0.25) is 5.91 Å². The highest BCUT2D eigenvalue weighted by Crippen LogP contribution is 2.34. The number of carbonyl (C=O) groups is 1. The molecule has 0 saturated carbocycles. The minimum atomic E-state index is 0. The lowest BCUT2D eigenvalue weighted by Crippen LogP contribution is -2.52. The second-order valence-electron chi connectivity index (χ2n) is 5.55. The van der Waals surface area contributed by atoms with Crippen molar-refractivity contribution in [3.8, 4) is 5.75 Å². The average molecular weight is 297 g/mol. The van der Waals surface area contributed by atoms with Gasteiger partial charge in [-0.25, -0.2) is 0 Å². The first-order valence-electron chi connectivity index (χ1n) is 6.94. The zero-order valence-electron chi connectivity index (χ0n) is 11.8. The van der Waals surface area contributed by atoms with Gasteiger partial charge in [-0.05, 0) is 38.1 Å². The van der Waals surface area contributed by atoms with Gasteiger partial charge >= 0.3 is 0 Å². The highest BCUT2D eigenvalue weighted by atomic mass is 35.5. The summed E-state index contributed by atoms with van der Waals surface area (Å²) in [5, 5.41) is 3.23. The summed E-state index contributed by atoms with van der Waals surface area (Å²) in [4.78, 5) is 14.6. The van der Waals surface area contributed by atoms with E-state index in [1.165, 1.54) is 0 Å². The lowest BCUT2D eigenvalue weighted by Gasteiger charge is -2.38. The van der Waals surface area contributed by atoms with Crippen molar-refractivity contribution in [2.24, 2.45) is 11.8 Å². The van der Waals surface area contributed by atoms with Gasteiger partial charge in [0, 0.05) is 5.92 Å². The van der Waals surface area contributed by atoms with Crippen LogP contribution in [0.25, 0.3) is 0 Å². The highest BCUT2D eigenvalue weighted by Gasteiger charge is 2.35. The van der Waals surface area contributed by atoms with Gasteiger partial charge in [0.25, 0.3) is 0 Å². The Balaban J connectivity index is 0.00000147. The molecule has 2 aliphatic rings. The maximum Gasteiger partial charge on any atom is 0.230 e. The molecule has 2 aliphatic heterocycles. The van der Waals surface area contributed by atoms with E-state index < -0.39 is 0 Å². The first-order chi connectivity index (χ1) is 9.16. The number of para-hydroxylation sites is 2. The molecule has 0 aromatic heterocycles. The van der Waals surface area contributed by atoms with Crippen molar-refractivity contribution in [1.82, 2.24) is 5.32 Å². The van der Waals surface area contributed by atoms with Gasteiger partial charge in [-0.15, -0.1) is 12.4 Å². The van der Waals surface area contributed by atoms with Gasteiger partial charge in [-0.1, -0.05) is 19.1 Å². The number of hydrogen-bond donors (Lipinski definition) is 1. The van der Waals surface area contributed by atoms with Crippen LogP contribution in [0.15, 0.2) is 24.3 Å². The molecule has 0 bridgehead atoms. The molecule has 20 heavy (non-hydrogen) atoms. The van der Waals surface area contributed by atoms with Gasteiger partial charge in [0.1, 0.15) is 11.9 Å². The van der Waals surface area contributed by atoms with E-state index >= 15 is 0 Å².